The molecule has 4 rings (SSSR count). The molecule has 0 radical (unpaired) electrons. The average molecular weight is 462 g/mol. The fraction of sp³-hybridized carbons (Fsp3) is 0.368. The van der Waals surface area contributed by atoms with Crippen molar-refractivity contribution in [3.63, 3.8) is 0 Å². The molecule has 3 aromatic rings. The van der Waals surface area contributed by atoms with E-state index in [9.17, 15) is 9.90 Å². The lowest BCUT2D eigenvalue weighted by Gasteiger charge is -2.26. The van der Waals surface area contributed by atoms with Crippen molar-refractivity contribution in [1.82, 2.24) is 19.6 Å². The number of aromatic nitrogens is 4. The molecule has 1 saturated heterocycles. The molecule has 152 valence electrons. The van der Waals surface area contributed by atoms with Gasteiger partial charge in [0.05, 0.1) is 16.9 Å². The van der Waals surface area contributed by atoms with Gasteiger partial charge >= 0.3 is 6.09 Å². The summed E-state index contributed by atoms with van der Waals surface area (Å²) in [6.45, 7) is 1.81. The highest BCUT2D eigenvalue weighted by molar-refractivity contribution is 9.10. The second kappa shape index (κ2) is 8.75. The Labute approximate surface area is 175 Å². The number of ether oxygens (including phenoxy) is 2. The van der Waals surface area contributed by atoms with Crippen LogP contribution in [0, 0.1) is 5.92 Å². The number of amides is 1. The summed E-state index contributed by atoms with van der Waals surface area (Å²) in [4.78, 5) is 21.8. The Bertz CT molecular complexity index is 991. The van der Waals surface area contributed by atoms with Crippen molar-refractivity contribution in [2.24, 2.45) is 5.92 Å². The molecule has 0 aromatic carbocycles. The Hall–Kier alpha value is -2.72. The summed E-state index contributed by atoms with van der Waals surface area (Å²) in [5.41, 5.74) is 0.471. The van der Waals surface area contributed by atoms with Crippen molar-refractivity contribution in [2.45, 2.75) is 19.3 Å². The molecule has 10 heteroatoms. The third-order valence-corrected chi connectivity index (χ3v) is 5.41. The second-order valence-corrected chi connectivity index (χ2v) is 7.60. The number of nitrogens with zero attached hydrogens (tertiary/aromatic N) is 5. The van der Waals surface area contributed by atoms with Gasteiger partial charge in [-0.15, -0.1) is 0 Å². The van der Waals surface area contributed by atoms with Gasteiger partial charge in [-0.1, -0.05) is 0 Å². The summed E-state index contributed by atoms with van der Waals surface area (Å²) in [6, 6.07) is 5.09. The van der Waals surface area contributed by atoms with Crippen LogP contribution in [0.1, 0.15) is 19.3 Å². The molecule has 0 saturated carbocycles. The molecule has 1 amide bonds. The number of carbonyl (C=O) groups is 1. The Kier molecular flexibility index (Phi) is 5.91. The maximum Gasteiger partial charge on any atom is 0.413 e. The molecule has 0 bridgehead atoms. The molecule has 3 aromatic heterocycles. The van der Waals surface area contributed by atoms with Crippen LogP contribution in [-0.2, 0) is 4.74 Å². The molecular weight excluding hydrogens is 442 g/mol. The third-order valence-electron chi connectivity index (χ3n) is 4.85. The molecule has 1 fully saturated rings. The SMILES string of the molecule is O=C(O)N(CCC1CCOCC1)c1cc(Oc2cccnc2)nc2c(Br)cnn12. The van der Waals surface area contributed by atoms with E-state index in [0.717, 1.165) is 32.5 Å². The smallest absolute Gasteiger partial charge is 0.413 e. The highest BCUT2D eigenvalue weighted by Crippen LogP contribution is 2.29. The maximum atomic E-state index is 12.1. The molecule has 1 aliphatic rings. The zero-order valence-electron chi connectivity index (χ0n) is 15.6. The topological polar surface area (TPSA) is 102 Å². The van der Waals surface area contributed by atoms with Crippen LogP contribution in [0.2, 0.25) is 0 Å². The van der Waals surface area contributed by atoms with Crippen molar-refractivity contribution >= 4 is 33.5 Å². The molecule has 0 unspecified atom stereocenters. The molecule has 1 aliphatic heterocycles. The third kappa shape index (κ3) is 4.48. The zero-order chi connectivity index (χ0) is 20.2. The normalized spacial score (nSPS) is 14.8. The van der Waals surface area contributed by atoms with Gasteiger partial charge in [0.2, 0.25) is 5.88 Å². The number of hydrogen-bond acceptors (Lipinski definition) is 6. The van der Waals surface area contributed by atoms with E-state index < -0.39 is 6.09 Å². The van der Waals surface area contributed by atoms with E-state index in [1.54, 1.807) is 36.8 Å². The van der Waals surface area contributed by atoms with Gasteiger partial charge in [0.15, 0.2) is 5.65 Å². The molecule has 4 heterocycles. The summed E-state index contributed by atoms with van der Waals surface area (Å²) in [6.07, 6.45) is 6.38. The monoisotopic (exact) mass is 461 g/mol. The van der Waals surface area contributed by atoms with Gasteiger partial charge in [-0.05, 0) is 53.2 Å². The van der Waals surface area contributed by atoms with E-state index >= 15 is 0 Å². The fourth-order valence-corrected chi connectivity index (χ4v) is 3.67. The molecule has 29 heavy (non-hydrogen) atoms. The molecule has 0 spiro atoms. The fourth-order valence-electron chi connectivity index (χ4n) is 3.33. The van der Waals surface area contributed by atoms with Crippen LogP contribution < -0.4 is 9.64 Å². The van der Waals surface area contributed by atoms with Crippen molar-refractivity contribution in [3.05, 3.63) is 41.3 Å². The van der Waals surface area contributed by atoms with Crippen LogP contribution in [0.5, 0.6) is 11.6 Å². The Morgan fingerprint density at radius 2 is 2.21 bits per heavy atom. The standard InChI is InChI=1S/C19H20BrN5O4/c20-15-12-22-25-17(24(19(26)27)7-3-13-4-8-28-9-5-13)10-16(23-18(15)25)29-14-2-1-6-21-11-14/h1-2,6,10-13H,3-5,7-9H2,(H,26,27). The van der Waals surface area contributed by atoms with E-state index in [1.807, 2.05) is 0 Å². The zero-order valence-corrected chi connectivity index (χ0v) is 17.2. The molecular formula is C19H20BrN5O4. The van der Waals surface area contributed by atoms with Crippen LogP contribution in [0.4, 0.5) is 10.6 Å². The van der Waals surface area contributed by atoms with E-state index in [4.69, 9.17) is 9.47 Å². The van der Waals surface area contributed by atoms with E-state index in [1.165, 1.54) is 9.42 Å². The Morgan fingerprint density at radius 3 is 2.93 bits per heavy atom. The molecule has 1 N–H and O–H groups in total. The van der Waals surface area contributed by atoms with E-state index in [2.05, 4.69) is 31.0 Å². The minimum Gasteiger partial charge on any atom is -0.465 e. The lowest BCUT2D eigenvalue weighted by molar-refractivity contribution is 0.0645. The first-order chi connectivity index (χ1) is 14.1. The second-order valence-electron chi connectivity index (χ2n) is 6.75. The van der Waals surface area contributed by atoms with Crippen LogP contribution in [0.15, 0.2) is 41.3 Å². The Balaban J connectivity index is 1.66. The van der Waals surface area contributed by atoms with Crippen molar-refractivity contribution in [1.29, 1.82) is 0 Å². The highest BCUT2D eigenvalue weighted by atomic mass is 79.9. The van der Waals surface area contributed by atoms with Gasteiger partial charge in [-0.25, -0.2) is 4.79 Å². The van der Waals surface area contributed by atoms with Crippen LogP contribution in [0.25, 0.3) is 5.65 Å². The van der Waals surface area contributed by atoms with Gasteiger partial charge in [0.1, 0.15) is 11.6 Å². The number of anilines is 1. The van der Waals surface area contributed by atoms with Crippen molar-refractivity contribution in [3.8, 4) is 11.6 Å². The minimum absolute atomic E-state index is 0.263. The highest BCUT2D eigenvalue weighted by Gasteiger charge is 2.23. The average Bonchev–Trinajstić information content (AvgIpc) is 3.10. The van der Waals surface area contributed by atoms with E-state index in [-0.39, 0.29) is 5.88 Å². The van der Waals surface area contributed by atoms with Gasteiger partial charge in [-0.3, -0.25) is 9.88 Å². The predicted octanol–water partition coefficient (Wildman–Crippen LogP) is 3.98. The number of pyridine rings is 1. The number of halogens is 1. The van der Waals surface area contributed by atoms with Gasteiger partial charge in [0.25, 0.3) is 0 Å². The lowest BCUT2D eigenvalue weighted by atomic mass is 9.96. The maximum absolute atomic E-state index is 12.1. The summed E-state index contributed by atoms with van der Waals surface area (Å²) >= 11 is 3.41. The number of fused-ring (bicyclic) bond motifs is 1. The molecule has 0 atom stereocenters. The summed E-state index contributed by atoms with van der Waals surface area (Å²) in [5, 5.41) is 14.2. The van der Waals surface area contributed by atoms with Crippen molar-refractivity contribution in [2.75, 3.05) is 24.7 Å². The van der Waals surface area contributed by atoms with Gasteiger partial charge in [-0.2, -0.15) is 14.6 Å². The first-order valence-corrected chi connectivity index (χ1v) is 10.1. The van der Waals surface area contributed by atoms with E-state index in [0.29, 0.717) is 34.1 Å². The number of rotatable bonds is 6. The first kappa shape index (κ1) is 19.6. The quantitative estimate of drug-likeness (QED) is 0.591. The van der Waals surface area contributed by atoms with Crippen LogP contribution >= 0.6 is 15.9 Å². The summed E-state index contributed by atoms with van der Waals surface area (Å²) in [5.74, 6) is 1.59. The van der Waals surface area contributed by atoms with Crippen molar-refractivity contribution < 1.29 is 19.4 Å². The molecule has 0 aliphatic carbocycles. The first-order valence-electron chi connectivity index (χ1n) is 9.32. The largest absolute Gasteiger partial charge is 0.465 e. The summed E-state index contributed by atoms with van der Waals surface area (Å²) < 4.78 is 13.3. The predicted molar refractivity (Wildman–Crippen MR) is 109 cm³/mol. The van der Waals surface area contributed by atoms with Crippen LogP contribution in [-0.4, -0.2) is 50.5 Å². The van der Waals surface area contributed by atoms with Crippen LogP contribution in [0.3, 0.4) is 0 Å². The van der Waals surface area contributed by atoms with Gasteiger partial charge < -0.3 is 14.6 Å². The molecule has 9 nitrogen and oxygen atoms in total. The van der Waals surface area contributed by atoms with Gasteiger partial charge in [0, 0.05) is 32.0 Å². The lowest BCUT2D eigenvalue weighted by Crippen LogP contribution is -2.34. The minimum atomic E-state index is -1.05. The number of carboxylic acid groups (broad SMARTS) is 1. The Morgan fingerprint density at radius 1 is 1.38 bits per heavy atom. The summed E-state index contributed by atoms with van der Waals surface area (Å²) in [7, 11) is 0. The number of hydrogen-bond donors (Lipinski definition) is 1.